The van der Waals surface area contributed by atoms with Crippen molar-refractivity contribution in [2.24, 2.45) is 0 Å². The van der Waals surface area contributed by atoms with E-state index in [2.05, 4.69) is 0 Å². The molecule has 1 saturated heterocycles. The Morgan fingerprint density at radius 1 is 1.23 bits per heavy atom. The Balaban J connectivity index is 2.40. The Hall–Kier alpha value is -1.53. The second-order valence-corrected chi connectivity index (χ2v) is 6.89. The lowest BCUT2D eigenvalue weighted by atomic mass is 9.65. The third-order valence-electron chi connectivity index (χ3n) is 4.58. The Morgan fingerprint density at radius 3 is 2.27 bits per heavy atom. The summed E-state index contributed by atoms with van der Waals surface area (Å²) in [7, 11) is -0.714. The van der Waals surface area contributed by atoms with E-state index in [-0.39, 0.29) is 12.2 Å². The van der Waals surface area contributed by atoms with E-state index in [9.17, 15) is 15.0 Å². The van der Waals surface area contributed by atoms with Crippen LogP contribution in [0.3, 0.4) is 0 Å². The van der Waals surface area contributed by atoms with Gasteiger partial charge in [-0.05, 0) is 46.2 Å². The number of rotatable bonds is 4. The summed E-state index contributed by atoms with van der Waals surface area (Å²) in [5, 5.41) is 19.4. The van der Waals surface area contributed by atoms with Crippen LogP contribution in [-0.4, -0.2) is 34.5 Å². The highest BCUT2D eigenvalue weighted by Crippen LogP contribution is 2.43. The fourth-order valence-electron chi connectivity index (χ4n) is 2.56. The second kappa shape index (κ2) is 5.59. The summed E-state index contributed by atoms with van der Waals surface area (Å²) in [4.78, 5) is 11.3. The van der Waals surface area contributed by atoms with Crippen molar-refractivity contribution in [3.63, 3.8) is 0 Å². The van der Waals surface area contributed by atoms with E-state index in [1.807, 2.05) is 34.6 Å². The van der Waals surface area contributed by atoms with Gasteiger partial charge in [0.25, 0.3) is 0 Å². The molecule has 1 aromatic carbocycles. The van der Waals surface area contributed by atoms with E-state index in [4.69, 9.17) is 9.31 Å². The van der Waals surface area contributed by atoms with E-state index < -0.39 is 30.1 Å². The van der Waals surface area contributed by atoms with Crippen molar-refractivity contribution in [3.8, 4) is 5.75 Å². The van der Waals surface area contributed by atoms with Crippen molar-refractivity contribution in [1.29, 1.82) is 0 Å². The first-order chi connectivity index (χ1) is 10.0. The molecule has 6 heteroatoms. The molecule has 0 saturated carbocycles. The zero-order valence-corrected chi connectivity index (χ0v) is 13.7. The zero-order chi connectivity index (χ0) is 16.7. The highest BCUT2D eigenvalue weighted by atomic mass is 16.7. The van der Waals surface area contributed by atoms with Crippen molar-refractivity contribution in [2.45, 2.75) is 58.1 Å². The molecular formula is C16H23BO5. The van der Waals surface area contributed by atoms with Gasteiger partial charge in [-0.25, -0.2) is 0 Å². The third kappa shape index (κ3) is 3.13. The van der Waals surface area contributed by atoms with Crippen molar-refractivity contribution in [1.82, 2.24) is 0 Å². The van der Waals surface area contributed by atoms with E-state index in [0.717, 1.165) is 5.56 Å². The standard InChI is InChI=1S/C16H23BO5/c1-10-6-7-13(18)11(8-10)12(9-14(19)20)17-21-15(2,3)16(4,5)22-17/h6-8,12,18H,9H2,1-5H3,(H,19,20). The first-order valence-corrected chi connectivity index (χ1v) is 7.40. The molecule has 0 bridgehead atoms. The summed E-state index contributed by atoms with van der Waals surface area (Å²) in [5.41, 5.74) is 0.391. The molecule has 1 aliphatic heterocycles. The molecule has 1 fully saturated rings. The van der Waals surface area contributed by atoms with Gasteiger partial charge in [0.2, 0.25) is 0 Å². The van der Waals surface area contributed by atoms with Gasteiger partial charge in [-0.15, -0.1) is 0 Å². The molecule has 2 N–H and O–H groups in total. The van der Waals surface area contributed by atoms with E-state index in [1.165, 1.54) is 0 Å². The van der Waals surface area contributed by atoms with Gasteiger partial charge >= 0.3 is 13.1 Å². The van der Waals surface area contributed by atoms with Crippen LogP contribution in [0.25, 0.3) is 0 Å². The minimum absolute atomic E-state index is 0.0616. The van der Waals surface area contributed by atoms with Crippen LogP contribution in [0.15, 0.2) is 18.2 Å². The topological polar surface area (TPSA) is 76.0 Å². The number of carboxylic acids is 1. The molecule has 0 amide bonds. The molecule has 1 atom stereocenters. The molecule has 0 radical (unpaired) electrons. The van der Waals surface area contributed by atoms with Crippen LogP contribution in [0.1, 0.15) is 51.1 Å². The molecule has 120 valence electrons. The lowest BCUT2D eigenvalue weighted by Gasteiger charge is -2.32. The van der Waals surface area contributed by atoms with Crippen LogP contribution >= 0.6 is 0 Å². The van der Waals surface area contributed by atoms with Gasteiger partial charge in [0.05, 0.1) is 17.6 Å². The Labute approximate surface area is 131 Å². The molecule has 1 aliphatic rings. The average molecular weight is 306 g/mol. The van der Waals surface area contributed by atoms with Crippen LogP contribution in [0, 0.1) is 6.92 Å². The fourth-order valence-corrected chi connectivity index (χ4v) is 2.56. The quantitative estimate of drug-likeness (QED) is 0.837. The Morgan fingerprint density at radius 2 is 1.77 bits per heavy atom. The van der Waals surface area contributed by atoms with Crippen LogP contribution in [0.5, 0.6) is 5.75 Å². The summed E-state index contributed by atoms with van der Waals surface area (Å²) in [6, 6.07) is 5.14. The molecule has 2 rings (SSSR count). The van der Waals surface area contributed by atoms with Gasteiger partial charge in [0.1, 0.15) is 5.75 Å². The maximum absolute atomic E-state index is 11.3. The number of aliphatic carboxylic acids is 1. The first-order valence-electron chi connectivity index (χ1n) is 7.40. The van der Waals surface area contributed by atoms with Gasteiger partial charge in [-0.2, -0.15) is 0 Å². The third-order valence-corrected chi connectivity index (χ3v) is 4.58. The molecule has 0 aliphatic carbocycles. The number of aromatic hydroxyl groups is 1. The number of hydrogen-bond acceptors (Lipinski definition) is 4. The molecule has 22 heavy (non-hydrogen) atoms. The number of carboxylic acid groups (broad SMARTS) is 1. The monoisotopic (exact) mass is 306 g/mol. The van der Waals surface area contributed by atoms with Crippen LogP contribution in [0.4, 0.5) is 0 Å². The number of phenols is 1. The lowest BCUT2D eigenvalue weighted by Crippen LogP contribution is -2.41. The van der Waals surface area contributed by atoms with Gasteiger partial charge in [0, 0.05) is 5.82 Å². The fraction of sp³-hybridized carbons (Fsp3) is 0.562. The molecule has 1 heterocycles. The smallest absolute Gasteiger partial charge is 0.466 e. The number of carbonyl (C=O) groups is 1. The number of phenolic OH excluding ortho intramolecular Hbond substituents is 1. The molecule has 0 spiro atoms. The summed E-state index contributed by atoms with van der Waals surface area (Å²) in [6.07, 6.45) is -0.173. The van der Waals surface area contributed by atoms with Crippen LogP contribution in [-0.2, 0) is 14.1 Å². The van der Waals surface area contributed by atoms with Crippen molar-refractivity contribution >= 4 is 13.1 Å². The minimum atomic E-state index is -0.958. The molecule has 1 aromatic rings. The predicted molar refractivity (Wildman–Crippen MR) is 83.9 cm³/mol. The Kier molecular flexibility index (Phi) is 4.28. The number of hydrogen-bond donors (Lipinski definition) is 2. The average Bonchev–Trinajstić information content (AvgIpc) is 2.58. The van der Waals surface area contributed by atoms with E-state index in [0.29, 0.717) is 5.56 Å². The summed E-state index contributed by atoms with van der Waals surface area (Å²) in [5.74, 6) is -1.47. The SMILES string of the molecule is Cc1ccc(O)c(C(CC(=O)O)B2OC(C)(C)C(C)(C)O2)c1. The largest absolute Gasteiger partial charge is 0.508 e. The minimum Gasteiger partial charge on any atom is -0.508 e. The Bertz CT molecular complexity index is 566. The van der Waals surface area contributed by atoms with Gasteiger partial charge in [-0.3, -0.25) is 4.79 Å². The highest BCUT2D eigenvalue weighted by molar-refractivity contribution is 6.48. The van der Waals surface area contributed by atoms with Crippen molar-refractivity contribution in [3.05, 3.63) is 29.3 Å². The molecule has 0 aromatic heterocycles. The first kappa shape index (κ1) is 16.8. The molecule has 5 nitrogen and oxygen atoms in total. The highest BCUT2D eigenvalue weighted by Gasteiger charge is 2.54. The van der Waals surface area contributed by atoms with E-state index >= 15 is 0 Å². The summed E-state index contributed by atoms with van der Waals surface area (Å²) < 4.78 is 12.0. The maximum atomic E-state index is 11.3. The van der Waals surface area contributed by atoms with Gasteiger partial charge in [0.15, 0.2) is 0 Å². The van der Waals surface area contributed by atoms with Gasteiger partial charge in [-0.1, -0.05) is 17.7 Å². The summed E-state index contributed by atoms with van der Waals surface area (Å²) in [6.45, 7) is 9.56. The van der Waals surface area contributed by atoms with Gasteiger partial charge < -0.3 is 19.5 Å². The van der Waals surface area contributed by atoms with Crippen molar-refractivity contribution in [2.75, 3.05) is 0 Å². The normalized spacial score (nSPS) is 20.9. The predicted octanol–water partition coefficient (Wildman–Crippen LogP) is 2.89. The number of benzene rings is 1. The summed E-state index contributed by atoms with van der Waals surface area (Å²) >= 11 is 0. The maximum Gasteiger partial charge on any atom is 0.466 e. The second-order valence-electron chi connectivity index (χ2n) is 6.89. The van der Waals surface area contributed by atoms with Crippen molar-refractivity contribution < 1.29 is 24.3 Å². The zero-order valence-electron chi connectivity index (χ0n) is 13.7. The molecular weight excluding hydrogens is 283 g/mol. The molecule has 1 unspecified atom stereocenters. The van der Waals surface area contributed by atoms with Crippen LogP contribution in [0.2, 0.25) is 0 Å². The lowest BCUT2D eigenvalue weighted by molar-refractivity contribution is -0.137. The number of aryl methyl sites for hydroxylation is 1. The van der Waals surface area contributed by atoms with E-state index in [1.54, 1.807) is 18.2 Å². The van der Waals surface area contributed by atoms with Crippen LogP contribution < -0.4 is 0 Å².